The molecule has 1 aromatic heterocycles. The molecule has 5 rings (SSSR count). The number of nitrogens with zero attached hydrogens (tertiary/aromatic N) is 4. The van der Waals surface area contributed by atoms with Crippen LogP contribution in [0.25, 0.3) is 0 Å². The minimum Gasteiger partial charge on any atom is -0.347 e. The maximum absolute atomic E-state index is 13.0. The van der Waals surface area contributed by atoms with E-state index in [0.29, 0.717) is 50.9 Å². The molecule has 146 valence electrons. The van der Waals surface area contributed by atoms with E-state index < -0.39 is 5.79 Å². The van der Waals surface area contributed by atoms with Crippen LogP contribution in [0.3, 0.4) is 0 Å². The first-order chi connectivity index (χ1) is 13.7. The normalized spacial score (nSPS) is 23.2. The summed E-state index contributed by atoms with van der Waals surface area (Å²) in [5.74, 6) is 0.228. The van der Waals surface area contributed by atoms with Gasteiger partial charge in [0.1, 0.15) is 17.8 Å². The van der Waals surface area contributed by atoms with E-state index in [1.54, 1.807) is 0 Å². The van der Waals surface area contributed by atoms with E-state index in [9.17, 15) is 4.79 Å². The number of hydrogen-bond donors (Lipinski definition) is 0. The second kappa shape index (κ2) is 6.83. The van der Waals surface area contributed by atoms with Crippen LogP contribution in [0.1, 0.15) is 35.8 Å². The number of hydrogen-bond acceptors (Lipinski definition) is 6. The minimum absolute atomic E-state index is 0.0587. The lowest BCUT2D eigenvalue weighted by atomic mass is 10.0. The molecule has 0 aliphatic carbocycles. The number of carbonyl (C=O) groups excluding carboxylic acids is 1. The van der Waals surface area contributed by atoms with E-state index in [1.165, 1.54) is 11.9 Å². The summed E-state index contributed by atoms with van der Waals surface area (Å²) >= 11 is 0. The predicted octanol–water partition coefficient (Wildman–Crippen LogP) is 2.54. The third-order valence-corrected chi connectivity index (χ3v) is 5.95. The Bertz CT molecular complexity index is 887. The van der Waals surface area contributed by atoms with Crippen molar-refractivity contribution in [2.24, 2.45) is 0 Å². The Morgan fingerprint density at radius 2 is 1.89 bits per heavy atom. The van der Waals surface area contributed by atoms with Gasteiger partial charge in [0.25, 0.3) is 5.91 Å². The van der Waals surface area contributed by atoms with Crippen molar-refractivity contribution >= 4 is 17.4 Å². The lowest BCUT2D eigenvalue weighted by Crippen LogP contribution is -2.47. The molecule has 2 aromatic rings. The van der Waals surface area contributed by atoms with E-state index >= 15 is 0 Å². The molecule has 2 fully saturated rings. The zero-order valence-corrected chi connectivity index (χ0v) is 16.0. The van der Waals surface area contributed by atoms with Gasteiger partial charge < -0.3 is 19.3 Å². The fraction of sp³-hybridized carbons (Fsp3) is 0.476. The molecule has 2 saturated heterocycles. The Hall–Kier alpha value is -2.51. The van der Waals surface area contributed by atoms with Crippen molar-refractivity contribution in [2.75, 3.05) is 31.2 Å². The van der Waals surface area contributed by atoms with Crippen LogP contribution >= 0.6 is 0 Å². The van der Waals surface area contributed by atoms with Crippen LogP contribution in [0.15, 0.2) is 36.7 Å². The van der Waals surface area contributed by atoms with Crippen molar-refractivity contribution < 1.29 is 14.3 Å². The van der Waals surface area contributed by atoms with Crippen molar-refractivity contribution in [3.63, 3.8) is 0 Å². The molecule has 1 amide bonds. The highest BCUT2D eigenvalue weighted by atomic mass is 16.7. The Morgan fingerprint density at radius 3 is 2.68 bits per heavy atom. The highest BCUT2D eigenvalue weighted by Gasteiger charge is 2.41. The quantitative estimate of drug-likeness (QED) is 0.798. The summed E-state index contributed by atoms with van der Waals surface area (Å²) in [6, 6.07) is 10.5. The molecular formula is C21H24N4O3. The number of piperidine rings is 1. The lowest BCUT2D eigenvalue weighted by molar-refractivity contribution is -0.181. The zero-order chi connectivity index (χ0) is 19.1. The minimum atomic E-state index is -0.484. The van der Waals surface area contributed by atoms with Crippen molar-refractivity contribution in [1.29, 1.82) is 0 Å². The number of rotatable bonds is 2. The molecule has 1 atom stereocenters. The molecule has 1 unspecified atom stereocenters. The third kappa shape index (κ3) is 2.95. The van der Waals surface area contributed by atoms with Crippen LogP contribution in [0.2, 0.25) is 0 Å². The predicted molar refractivity (Wildman–Crippen MR) is 104 cm³/mol. The summed E-state index contributed by atoms with van der Waals surface area (Å²) in [6.07, 6.45) is 3.86. The number of likely N-dealkylation sites (tertiary alicyclic amines) is 1. The summed E-state index contributed by atoms with van der Waals surface area (Å²) in [5, 5.41) is 0. The number of ether oxygens (including phenoxy) is 2. The molecule has 1 spiro atoms. The van der Waals surface area contributed by atoms with E-state index in [1.807, 2.05) is 17.0 Å². The largest absolute Gasteiger partial charge is 0.347 e. The molecule has 28 heavy (non-hydrogen) atoms. The number of anilines is 2. The number of amides is 1. The second-order valence-electron chi connectivity index (χ2n) is 7.71. The van der Waals surface area contributed by atoms with Gasteiger partial charge in [0, 0.05) is 43.7 Å². The van der Waals surface area contributed by atoms with Crippen molar-refractivity contribution in [1.82, 2.24) is 14.9 Å². The molecule has 3 aliphatic heterocycles. The molecule has 0 radical (unpaired) electrons. The molecule has 4 heterocycles. The maximum atomic E-state index is 13.0. The summed E-state index contributed by atoms with van der Waals surface area (Å²) in [4.78, 5) is 25.8. The molecule has 0 bridgehead atoms. The Morgan fingerprint density at radius 1 is 1.14 bits per heavy atom. The van der Waals surface area contributed by atoms with Gasteiger partial charge in [0.05, 0.1) is 13.2 Å². The second-order valence-corrected chi connectivity index (χ2v) is 7.71. The topological polar surface area (TPSA) is 67.8 Å². The average Bonchev–Trinajstić information content (AvgIpc) is 3.31. The van der Waals surface area contributed by atoms with Crippen LogP contribution < -0.4 is 4.90 Å². The highest BCUT2D eigenvalue weighted by molar-refractivity contribution is 5.93. The van der Waals surface area contributed by atoms with Gasteiger partial charge in [-0.25, -0.2) is 9.97 Å². The molecule has 1 aromatic carbocycles. The Labute approximate surface area is 164 Å². The van der Waals surface area contributed by atoms with Crippen molar-refractivity contribution in [3.8, 4) is 0 Å². The summed E-state index contributed by atoms with van der Waals surface area (Å²) in [6.45, 7) is 4.68. The van der Waals surface area contributed by atoms with Gasteiger partial charge in [-0.2, -0.15) is 0 Å². The van der Waals surface area contributed by atoms with Gasteiger partial charge in [0.15, 0.2) is 5.79 Å². The maximum Gasteiger partial charge on any atom is 0.272 e. The molecule has 0 saturated carbocycles. The number of fused-ring (bicyclic) bond motifs is 1. The molecule has 0 N–H and O–H groups in total. The first-order valence-electron chi connectivity index (χ1n) is 9.92. The number of aromatic nitrogens is 2. The summed E-state index contributed by atoms with van der Waals surface area (Å²) < 4.78 is 11.5. The Kier molecular flexibility index (Phi) is 4.29. The zero-order valence-electron chi connectivity index (χ0n) is 16.0. The standard InChI is InChI=1S/C21H24N4O3/c1-15-12-16-4-2-3-5-18(16)25(15)19-13-17(22-14-23-19)20(26)24-8-6-21(7-9-24)27-10-11-28-21/h2-5,13-15H,6-12H2,1H3. The van der Waals surface area contributed by atoms with E-state index in [-0.39, 0.29) is 5.91 Å². The van der Waals surface area contributed by atoms with Gasteiger partial charge in [-0.05, 0) is 25.0 Å². The monoisotopic (exact) mass is 380 g/mol. The number of para-hydroxylation sites is 1. The van der Waals surface area contributed by atoms with Gasteiger partial charge in [0.2, 0.25) is 0 Å². The Balaban J connectivity index is 1.36. The fourth-order valence-corrected chi connectivity index (χ4v) is 4.51. The molecule has 7 heteroatoms. The van der Waals surface area contributed by atoms with Gasteiger partial charge in [-0.15, -0.1) is 0 Å². The van der Waals surface area contributed by atoms with Crippen molar-refractivity contribution in [3.05, 3.63) is 47.9 Å². The van der Waals surface area contributed by atoms with E-state index in [4.69, 9.17) is 9.47 Å². The van der Waals surface area contributed by atoms with Crippen LogP contribution in [-0.4, -0.2) is 58.9 Å². The van der Waals surface area contributed by atoms with Gasteiger partial charge in [-0.3, -0.25) is 4.79 Å². The lowest BCUT2D eigenvalue weighted by Gasteiger charge is -2.37. The summed E-state index contributed by atoms with van der Waals surface area (Å²) in [7, 11) is 0. The van der Waals surface area contributed by atoms with Gasteiger partial charge in [-0.1, -0.05) is 18.2 Å². The SMILES string of the molecule is CC1Cc2ccccc2N1c1cc(C(=O)N2CCC3(CC2)OCCO3)ncn1. The molecule has 7 nitrogen and oxygen atoms in total. The van der Waals surface area contributed by atoms with E-state index in [0.717, 1.165) is 17.9 Å². The van der Waals surface area contributed by atoms with Crippen LogP contribution in [0, 0.1) is 0 Å². The highest BCUT2D eigenvalue weighted by Crippen LogP contribution is 2.37. The van der Waals surface area contributed by atoms with Crippen LogP contribution in [0.5, 0.6) is 0 Å². The fourth-order valence-electron chi connectivity index (χ4n) is 4.51. The first-order valence-corrected chi connectivity index (χ1v) is 9.92. The van der Waals surface area contributed by atoms with E-state index in [2.05, 4.69) is 40.0 Å². The third-order valence-electron chi connectivity index (χ3n) is 5.95. The van der Waals surface area contributed by atoms with Gasteiger partial charge >= 0.3 is 0 Å². The average molecular weight is 380 g/mol. The summed E-state index contributed by atoms with van der Waals surface area (Å²) in [5.41, 5.74) is 2.90. The van der Waals surface area contributed by atoms with Crippen LogP contribution in [0.4, 0.5) is 11.5 Å². The molecule has 3 aliphatic rings. The van der Waals surface area contributed by atoms with Crippen molar-refractivity contribution in [2.45, 2.75) is 38.0 Å². The number of carbonyl (C=O) groups is 1. The smallest absolute Gasteiger partial charge is 0.272 e. The number of benzene rings is 1. The molecular weight excluding hydrogens is 356 g/mol. The first kappa shape index (κ1) is 17.6. The van der Waals surface area contributed by atoms with Crippen LogP contribution in [-0.2, 0) is 15.9 Å².